The van der Waals surface area contributed by atoms with Crippen LogP contribution in [0.5, 0.6) is 5.75 Å². The molecule has 0 N–H and O–H groups in total. The van der Waals surface area contributed by atoms with Crippen LogP contribution >= 0.6 is 12.2 Å². The summed E-state index contributed by atoms with van der Waals surface area (Å²) < 4.78 is 5.23. The van der Waals surface area contributed by atoms with Crippen molar-refractivity contribution in [1.29, 1.82) is 0 Å². The van der Waals surface area contributed by atoms with E-state index in [0.29, 0.717) is 0 Å². The van der Waals surface area contributed by atoms with E-state index in [1.807, 2.05) is 24.3 Å². The van der Waals surface area contributed by atoms with Gasteiger partial charge in [-0.05, 0) is 23.3 Å². The average Bonchev–Trinajstić information content (AvgIpc) is 2.64. The Labute approximate surface area is 99.7 Å². The predicted molar refractivity (Wildman–Crippen MR) is 69.2 cm³/mol. The minimum absolute atomic E-state index is 0.855. The summed E-state index contributed by atoms with van der Waals surface area (Å²) in [4.78, 5) is 0.921. The molecule has 0 fully saturated rings. The number of ether oxygens (including phenoxy) is 1. The van der Waals surface area contributed by atoms with Crippen LogP contribution in [-0.4, -0.2) is 12.0 Å². The third-order valence-corrected chi connectivity index (χ3v) is 3.37. The first-order valence-corrected chi connectivity index (χ1v) is 5.54. The van der Waals surface area contributed by atoms with E-state index in [-0.39, 0.29) is 0 Å². The molecule has 2 aromatic rings. The van der Waals surface area contributed by atoms with Crippen molar-refractivity contribution in [2.75, 3.05) is 7.11 Å². The van der Waals surface area contributed by atoms with Crippen molar-refractivity contribution in [3.63, 3.8) is 0 Å². The summed E-state index contributed by atoms with van der Waals surface area (Å²) in [6, 6.07) is 14.3. The van der Waals surface area contributed by atoms with Gasteiger partial charge in [0.25, 0.3) is 0 Å². The number of hydrogen-bond donors (Lipinski definition) is 0. The van der Waals surface area contributed by atoms with E-state index in [1.54, 1.807) is 7.11 Å². The molecule has 1 aliphatic rings. The number of hydrogen-bond acceptors (Lipinski definition) is 2. The molecule has 0 aliphatic heterocycles. The Kier molecular flexibility index (Phi) is 2.04. The minimum Gasteiger partial charge on any atom is -0.497 e. The first kappa shape index (κ1) is 9.55. The van der Waals surface area contributed by atoms with E-state index in [9.17, 15) is 0 Å². The van der Waals surface area contributed by atoms with E-state index in [1.165, 1.54) is 11.1 Å². The van der Waals surface area contributed by atoms with Crippen LogP contribution < -0.4 is 4.74 Å². The van der Waals surface area contributed by atoms with Crippen LogP contribution in [0.2, 0.25) is 0 Å². The lowest BCUT2D eigenvalue weighted by molar-refractivity contribution is 0.415. The molecule has 0 bridgehead atoms. The summed E-state index contributed by atoms with van der Waals surface area (Å²) in [6.45, 7) is 0. The van der Waals surface area contributed by atoms with E-state index < -0.39 is 0 Å². The van der Waals surface area contributed by atoms with Gasteiger partial charge < -0.3 is 4.74 Å². The Morgan fingerprint density at radius 3 is 2.31 bits per heavy atom. The van der Waals surface area contributed by atoms with Crippen molar-refractivity contribution in [1.82, 2.24) is 0 Å². The second-order valence-corrected chi connectivity index (χ2v) is 4.19. The second kappa shape index (κ2) is 3.42. The molecule has 0 unspecified atom stereocenters. The fourth-order valence-corrected chi connectivity index (χ4v) is 2.48. The molecular weight excluding hydrogens is 216 g/mol. The van der Waals surface area contributed by atoms with Gasteiger partial charge in [-0.25, -0.2) is 0 Å². The van der Waals surface area contributed by atoms with Crippen LogP contribution in [0.25, 0.3) is 11.1 Å². The highest BCUT2D eigenvalue weighted by Gasteiger charge is 2.22. The molecule has 16 heavy (non-hydrogen) atoms. The van der Waals surface area contributed by atoms with Gasteiger partial charge >= 0.3 is 0 Å². The number of methoxy groups -OCH3 is 1. The van der Waals surface area contributed by atoms with Gasteiger partial charge in [0.05, 0.1) is 12.0 Å². The lowest BCUT2D eigenvalue weighted by atomic mass is 10.1. The number of benzene rings is 2. The van der Waals surface area contributed by atoms with Gasteiger partial charge in [0.1, 0.15) is 5.75 Å². The second-order valence-electron chi connectivity index (χ2n) is 3.79. The third-order valence-electron chi connectivity index (χ3n) is 2.93. The van der Waals surface area contributed by atoms with Crippen LogP contribution in [-0.2, 0) is 0 Å². The van der Waals surface area contributed by atoms with Crippen LogP contribution in [0.4, 0.5) is 0 Å². The molecule has 0 aromatic heterocycles. The van der Waals surface area contributed by atoms with Crippen molar-refractivity contribution >= 4 is 17.1 Å². The van der Waals surface area contributed by atoms with Crippen molar-refractivity contribution in [3.8, 4) is 16.9 Å². The topological polar surface area (TPSA) is 9.23 Å². The van der Waals surface area contributed by atoms with Crippen LogP contribution in [0.3, 0.4) is 0 Å². The Morgan fingerprint density at radius 2 is 1.56 bits per heavy atom. The molecular formula is C14H10OS. The summed E-state index contributed by atoms with van der Waals surface area (Å²) >= 11 is 5.48. The molecule has 0 saturated heterocycles. The van der Waals surface area contributed by atoms with Gasteiger partial charge in [-0.3, -0.25) is 0 Å². The molecule has 1 aliphatic carbocycles. The van der Waals surface area contributed by atoms with E-state index >= 15 is 0 Å². The highest BCUT2D eigenvalue weighted by atomic mass is 32.1. The van der Waals surface area contributed by atoms with Crippen molar-refractivity contribution in [3.05, 3.63) is 53.6 Å². The fraction of sp³-hybridized carbons (Fsp3) is 0.0714. The average molecular weight is 226 g/mol. The maximum Gasteiger partial charge on any atom is 0.119 e. The van der Waals surface area contributed by atoms with Gasteiger partial charge in [0, 0.05) is 11.1 Å². The molecule has 0 heterocycles. The normalized spacial score (nSPS) is 12.2. The zero-order valence-corrected chi connectivity index (χ0v) is 9.67. The molecule has 0 saturated carbocycles. The Balaban J connectivity index is 2.29. The van der Waals surface area contributed by atoms with Gasteiger partial charge in [0.2, 0.25) is 0 Å². The van der Waals surface area contributed by atoms with Gasteiger partial charge in [0.15, 0.2) is 0 Å². The summed E-state index contributed by atoms with van der Waals surface area (Å²) in [7, 11) is 1.67. The molecule has 0 spiro atoms. The monoisotopic (exact) mass is 226 g/mol. The summed E-state index contributed by atoms with van der Waals surface area (Å²) in [5.41, 5.74) is 4.70. The maximum atomic E-state index is 5.48. The smallest absolute Gasteiger partial charge is 0.119 e. The van der Waals surface area contributed by atoms with Crippen LogP contribution in [0.1, 0.15) is 11.1 Å². The third kappa shape index (κ3) is 1.20. The molecule has 2 heteroatoms. The molecule has 3 rings (SSSR count). The Hall–Kier alpha value is -1.67. The fourth-order valence-electron chi connectivity index (χ4n) is 2.13. The van der Waals surface area contributed by atoms with Crippen LogP contribution in [0, 0.1) is 0 Å². The summed E-state index contributed by atoms with van der Waals surface area (Å²) in [5.74, 6) is 0.855. The molecule has 0 atom stereocenters. The lowest BCUT2D eigenvalue weighted by Crippen LogP contribution is -1.93. The van der Waals surface area contributed by atoms with Gasteiger partial charge in [-0.2, -0.15) is 0 Å². The Bertz CT molecular complexity index is 587. The van der Waals surface area contributed by atoms with E-state index in [0.717, 1.165) is 21.7 Å². The first-order valence-electron chi connectivity index (χ1n) is 5.13. The van der Waals surface area contributed by atoms with Gasteiger partial charge in [-0.15, -0.1) is 0 Å². The zero-order chi connectivity index (χ0) is 11.1. The highest BCUT2D eigenvalue weighted by Crippen LogP contribution is 2.38. The lowest BCUT2D eigenvalue weighted by Gasteiger charge is -2.03. The number of thiocarbonyl (C=S) groups is 1. The first-order chi connectivity index (χ1) is 7.81. The van der Waals surface area contributed by atoms with Crippen molar-refractivity contribution in [2.45, 2.75) is 0 Å². The van der Waals surface area contributed by atoms with Crippen LogP contribution in [0.15, 0.2) is 42.5 Å². The highest BCUT2D eigenvalue weighted by molar-refractivity contribution is 7.81. The van der Waals surface area contributed by atoms with Crippen molar-refractivity contribution < 1.29 is 4.74 Å². The van der Waals surface area contributed by atoms with E-state index in [4.69, 9.17) is 17.0 Å². The van der Waals surface area contributed by atoms with E-state index in [2.05, 4.69) is 18.2 Å². The largest absolute Gasteiger partial charge is 0.497 e. The zero-order valence-electron chi connectivity index (χ0n) is 8.86. The SMILES string of the molecule is COc1ccc2c(c1)C(=S)c1ccccc1-2. The molecule has 78 valence electrons. The Morgan fingerprint density at radius 1 is 0.875 bits per heavy atom. The number of fused-ring (bicyclic) bond motifs is 3. The van der Waals surface area contributed by atoms with Gasteiger partial charge in [-0.1, -0.05) is 42.5 Å². The molecule has 2 aromatic carbocycles. The summed E-state index contributed by atoms with van der Waals surface area (Å²) in [6.07, 6.45) is 0. The predicted octanol–water partition coefficient (Wildman–Crippen LogP) is 3.44. The van der Waals surface area contributed by atoms with Crippen molar-refractivity contribution in [2.24, 2.45) is 0 Å². The number of rotatable bonds is 1. The quantitative estimate of drug-likeness (QED) is 0.588. The molecule has 0 radical (unpaired) electrons. The molecule has 0 amide bonds. The molecule has 1 nitrogen and oxygen atoms in total. The summed E-state index contributed by atoms with van der Waals surface area (Å²) in [5, 5.41) is 0. The standard InChI is InChI=1S/C14H10OS/c1-15-9-6-7-11-10-4-2-3-5-12(10)14(16)13(11)8-9/h2-8H,1H3. The minimum atomic E-state index is 0.855. The maximum absolute atomic E-state index is 5.48.